The van der Waals surface area contributed by atoms with E-state index in [-0.39, 0.29) is 31.1 Å². The van der Waals surface area contributed by atoms with Crippen LogP contribution in [-0.2, 0) is 4.79 Å². The van der Waals surface area contributed by atoms with Crippen molar-refractivity contribution in [3.8, 4) is 39.9 Å². The van der Waals surface area contributed by atoms with Crippen molar-refractivity contribution in [1.82, 2.24) is 14.5 Å². The molecule has 10 nitrogen and oxygen atoms in total. The second-order valence-corrected chi connectivity index (χ2v) is 10.5. The first kappa shape index (κ1) is 28.8. The first-order valence-corrected chi connectivity index (χ1v) is 13.7. The largest absolute Gasteiger partial charge is 0.493 e. The van der Waals surface area contributed by atoms with Gasteiger partial charge in [0.15, 0.2) is 23.0 Å². The Morgan fingerprint density at radius 3 is 2.45 bits per heavy atom. The fourth-order valence-corrected chi connectivity index (χ4v) is 4.74. The van der Waals surface area contributed by atoms with Crippen molar-refractivity contribution in [1.29, 1.82) is 0 Å². The summed E-state index contributed by atoms with van der Waals surface area (Å²) in [6.07, 6.45) is 1.81. The topological polar surface area (TPSA) is 104 Å². The normalized spacial score (nSPS) is 11.9. The molecule has 0 saturated carbocycles. The molecule has 0 atom stereocenters. The molecule has 3 aromatic carbocycles. The lowest BCUT2D eigenvalue weighted by Crippen LogP contribution is -2.40. The number of methoxy groups -OCH3 is 2. The van der Waals surface area contributed by atoms with Gasteiger partial charge in [0, 0.05) is 35.0 Å². The summed E-state index contributed by atoms with van der Waals surface area (Å²) in [5, 5.41) is 3.51. The molecule has 1 aliphatic heterocycles. The van der Waals surface area contributed by atoms with Crippen LogP contribution in [0.1, 0.15) is 24.2 Å². The molecule has 1 N–H and O–H groups in total. The third-order valence-electron chi connectivity index (χ3n) is 6.57. The number of amides is 2. The Hall–Kier alpha value is -4.70. The standard InChI is InChI=1S/C31H31ClN4O6/c1-19(2)15-35(30(38)21-7-11-26-28(13-21)42-18-41-26)17-29(37)34-31-33-24(20-5-8-22(32)9-6-20)16-36(31)23-10-12-25(39-3)27(14-23)40-4/h5-14,16,19H,15,17-18H2,1-4H3,(H,33,34,37). The van der Waals surface area contributed by atoms with E-state index < -0.39 is 5.91 Å². The maximum atomic E-state index is 13.5. The fraction of sp³-hybridized carbons (Fsp3) is 0.258. The van der Waals surface area contributed by atoms with Gasteiger partial charge in [-0.2, -0.15) is 0 Å². The van der Waals surface area contributed by atoms with Crippen molar-refractivity contribution in [2.75, 3.05) is 39.4 Å². The molecule has 0 aliphatic carbocycles. The first-order valence-electron chi connectivity index (χ1n) is 13.3. The van der Waals surface area contributed by atoms with Gasteiger partial charge in [0.2, 0.25) is 18.6 Å². The summed E-state index contributed by atoms with van der Waals surface area (Å²) < 4.78 is 23.4. The number of aromatic nitrogens is 2. The van der Waals surface area contributed by atoms with E-state index in [2.05, 4.69) is 5.32 Å². The van der Waals surface area contributed by atoms with Gasteiger partial charge in [0.05, 0.1) is 25.6 Å². The number of carbonyl (C=O) groups is 2. The van der Waals surface area contributed by atoms with Gasteiger partial charge in [0.1, 0.15) is 6.54 Å². The molecule has 218 valence electrons. The van der Waals surface area contributed by atoms with Gasteiger partial charge in [-0.1, -0.05) is 37.6 Å². The lowest BCUT2D eigenvalue weighted by atomic mass is 10.1. The summed E-state index contributed by atoms with van der Waals surface area (Å²) in [6, 6.07) is 17.6. The summed E-state index contributed by atoms with van der Waals surface area (Å²) in [5.41, 5.74) is 2.52. The number of nitrogens with zero attached hydrogens (tertiary/aromatic N) is 3. The van der Waals surface area contributed by atoms with Crippen LogP contribution < -0.4 is 24.3 Å². The summed E-state index contributed by atoms with van der Waals surface area (Å²) in [6.45, 7) is 4.27. The Morgan fingerprint density at radius 2 is 1.74 bits per heavy atom. The zero-order valence-electron chi connectivity index (χ0n) is 23.7. The summed E-state index contributed by atoms with van der Waals surface area (Å²) in [7, 11) is 3.12. The molecular weight excluding hydrogens is 560 g/mol. The second-order valence-electron chi connectivity index (χ2n) is 10.1. The Morgan fingerprint density at radius 1 is 1.00 bits per heavy atom. The van der Waals surface area contributed by atoms with Crippen molar-refractivity contribution >= 4 is 29.4 Å². The van der Waals surface area contributed by atoms with Gasteiger partial charge in [0.25, 0.3) is 5.91 Å². The number of hydrogen-bond acceptors (Lipinski definition) is 7. The minimum atomic E-state index is -0.403. The van der Waals surface area contributed by atoms with Crippen LogP contribution in [0.2, 0.25) is 5.02 Å². The van der Waals surface area contributed by atoms with Gasteiger partial charge in [-0.05, 0) is 48.4 Å². The average molecular weight is 591 g/mol. The van der Waals surface area contributed by atoms with Gasteiger partial charge < -0.3 is 23.8 Å². The molecule has 4 aromatic rings. The highest BCUT2D eigenvalue weighted by molar-refractivity contribution is 6.30. The summed E-state index contributed by atoms with van der Waals surface area (Å²) in [4.78, 5) is 33.2. The first-order chi connectivity index (χ1) is 20.2. The van der Waals surface area contributed by atoms with Crippen molar-refractivity contribution in [3.05, 3.63) is 77.4 Å². The van der Waals surface area contributed by atoms with Crippen molar-refractivity contribution in [2.24, 2.45) is 5.92 Å². The Kier molecular flexibility index (Phi) is 8.53. The van der Waals surface area contributed by atoms with Gasteiger partial charge in [-0.15, -0.1) is 0 Å². The highest BCUT2D eigenvalue weighted by atomic mass is 35.5. The maximum Gasteiger partial charge on any atom is 0.254 e. The van der Waals surface area contributed by atoms with Gasteiger partial charge >= 0.3 is 0 Å². The van der Waals surface area contributed by atoms with Crippen molar-refractivity contribution in [2.45, 2.75) is 13.8 Å². The quantitative estimate of drug-likeness (QED) is 0.253. The van der Waals surface area contributed by atoms with Gasteiger partial charge in [-0.3, -0.25) is 19.5 Å². The molecule has 0 spiro atoms. The zero-order valence-corrected chi connectivity index (χ0v) is 24.5. The molecule has 0 saturated heterocycles. The Bertz CT molecular complexity index is 1600. The molecule has 0 radical (unpaired) electrons. The molecule has 42 heavy (non-hydrogen) atoms. The molecule has 2 heterocycles. The van der Waals surface area contributed by atoms with Crippen LogP contribution in [0.4, 0.5) is 5.95 Å². The molecule has 5 rings (SSSR count). The smallest absolute Gasteiger partial charge is 0.254 e. The van der Waals surface area contributed by atoms with Crippen LogP contribution in [0.5, 0.6) is 23.0 Å². The Balaban J connectivity index is 1.44. The maximum absolute atomic E-state index is 13.5. The number of halogens is 1. The van der Waals surface area contributed by atoms with E-state index in [1.54, 1.807) is 61.3 Å². The van der Waals surface area contributed by atoms with E-state index >= 15 is 0 Å². The molecule has 1 aromatic heterocycles. The van der Waals surface area contributed by atoms with Crippen molar-refractivity contribution < 1.29 is 28.5 Å². The zero-order chi connectivity index (χ0) is 29.8. The highest BCUT2D eigenvalue weighted by Gasteiger charge is 2.24. The minimum Gasteiger partial charge on any atom is -0.493 e. The third-order valence-corrected chi connectivity index (χ3v) is 6.82. The second kappa shape index (κ2) is 12.4. The van der Waals surface area contributed by atoms with Crippen LogP contribution in [0.25, 0.3) is 16.9 Å². The molecule has 1 aliphatic rings. The molecule has 0 fully saturated rings. The number of rotatable bonds is 10. The Labute approximate surface area is 248 Å². The van der Waals surface area contributed by atoms with E-state index in [0.717, 1.165) is 5.56 Å². The predicted molar refractivity (Wildman–Crippen MR) is 159 cm³/mol. The molecular formula is C31H31ClN4O6. The van der Waals surface area contributed by atoms with E-state index in [1.807, 2.05) is 38.2 Å². The number of fused-ring (bicyclic) bond motifs is 1. The SMILES string of the molecule is COc1ccc(-n2cc(-c3ccc(Cl)cc3)nc2NC(=O)CN(CC(C)C)C(=O)c2ccc3c(c2)OCO3)cc1OC. The summed E-state index contributed by atoms with van der Waals surface area (Å²) in [5.74, 6) is 1.88. The van der Waals surface area contributed by atoms with E-state index in [0.29, 0.717) is 51.5 Å². The fourth-order valence-electron chi connectivity index (χ4n) is 4.61. The van der Waals surface area contributed by atoms with E-state index in [1.165, 1.54) is 4.90 Å². The molecule has 0 unspecified atom stereocenters. The highest BCUT2D eigenvalue weighted by Crippen LogP contribution is 2.34. The number of carbonyl (C=O) groups excluding carboxylic acids is 2. The number of hydrogen-bond donors (Lipinski definition) is 1. The van der Waals surface area contributed by atoms with Crippen LogP contribution in [-0.4, -0.2) is 60.4 Å². The van der Waals surface area contributed by atoms with Crippen LogP contribution in [0.15, 0.2) is 66.9 Å². The lowest BCUT2D eigenvalue weighted by Gasteiger charge is -2.24. The lowest BCUT2D eigenvalue weighted by molar-refractivity contribution is -0.117. The van der Waals surface area contributed by atoms with E-state index in [4.69, 9.17) is 35.5 Å². The summed E-state index contributed by atoms with van der Waals surface area (Å²) >= 11 is 6.09. The molecule has 0 bridgehead atoms. The number of imidazole rings is 1. The third kappa shape index (κ3) is 6.28. The van der Waals surface area contributed by atoms with Crippen LogP contribution in [0, 0.1) is 5.92 Å². The van der Waals surface area contributed by atoms with Gasteiger partial charge in [-0.25, -0.2) is 4.98 Å². The molecule has 11 heteroatoms. The number of ether oxygens (including phenoxy) is 4. The molecule has 2 amide bonds. The number of anilines is 1. The minimum absolute atomic E-state index is 0.107. The monoisotopic (exact) mass is 590 g/mol. The predicted octanol–water partition coefficient (Wildman–Crippen LogP) is 5.68. The number of nitrogens with one attached hydrogen (secondary N) is 1. The van der Waals surface area contributed by atoms with E-state index in [9.17, 15) is 9.59 Å². The average Bonchev–Trinajstić information content (AvgIpc) is 3.63. The van der Waals surface area contributed by atoms with Crippen molar-refractivity contribution in [3.63, 3.8) is 0 Å². The van der Waals surface area contributed by atoms with Crippen LogP contribution >= 0.6 is 11.6 Å². The van der Waals surface area contributed by atoms with Crippen LogP contribution in [0.3, 0.4) is 0 Å². The number of benzene rings is 3.